The number of hydrogen-bond donors (Lipinski definition) is 3. The number of hydrogen-bond acceptors (Lipinski definition) is 5. The molecule has 4 rings (SSSR count). The Morgan fingerprint density at radius 2 is 1.90 bits per heavy atom. The molecule has 2 aromatic heterocycles. The van der Waals surface area contributed by atoms with Crippen LogP contribution in [0.2, 0.25) is 0 Å². The van der Waals surface area contributed by atoms with Crippen molar-refractivity contribution < 1.29 is 19.8 Å². The lowest BCUT2D eigenvalue weighted by Crippen LogP contribution is -2.58. The number of H-pyrrole nitrogens is 1. The molecule has 0 bridgehead atoms. The average molecular weight is 406 g/mol. The van der Waals surface area contributed by atoms with Crippen LogP contribution in [-0.4, -0.2) is 61.4 Å². The average Bonchev–Trinajstić information content (AvgIpc) is 3.26. The Hall–Kier alpha value is -3.52. The smallest absolute Gasteiger partial charge is 0.314 e. The fraction of sp³-hybridized carbons (Fsp3) is 0.273. The van der Waals surface area contributed by atoms with E-state index in [1.54, 1.807) is 30.6 Å². The van der Waals surface area contributed by atoms with E-state index in [-0.39, 0.29) is 37.5 Å². The molecule has 8 heteroatoms. The zero-order valence-electron chi connectivity index (χ0n) is 16.2. The Labute approximate surface area is 173 Å². The molecule has 0 unspecified atom stereocenters. The molecule has 1 aliphatic heterocycles. The molecule has 0 radical (unpaired) electrons. The van der Waals surface area contributed by atoms with Crippen LogP contribution in [-0.2, 0) is 11.2 Å². The van der Waals surface area contributed by atoms with E-state index < -0.39 is 17.5 Å². The standard InChI is InChI=1S/C22H22N4O4/c27-19-8-11-26(14-22(19,21(29)30)13-15-4-2-1-3-5-15)20(28)18-12-17(24-25-18)16-6-9-23-10-7-16/h1-7,9-10,12,19,27H,8,11,13-14H2,(H,24,25)(H,29,30)/t19-,22+/m0/s1. The number of piperidine rings is 1. The molecule has 0 aliphatic carbocycles. The number of aliphatic hydroxyl groups is 1. The van der Waals surface area contributed by atoms with E-state index in [2.05, 4.69) is 15.2 Å². The number of benzene rings is 1. The van der Waals surface area contributed by atoms with Gasteiger partial charge in [0.2, 0.25) is 0 Å². The number of rotatable bonds is 5. The summed E-state index contributed by atoms with van der Waals surface area (Å²) in [5.41, 5.74) is 1.03. The third kappa shape index (κ3) is 3.69. The SMILES string of the molecule is O=C(c1cc(-c2ccncc2)n[nH]1)N1CC[C@H](O)[C@](Cc2ccccc2)(C(=O)O)C1. The van der Waals surface area contributed by atoms with Crippen LogP contribution in [0.1, 0.15) is 22.5 Å². The van der Waals surface area contributed by atoms with Gasteiger partial charge in [0.25, 0.3) is 5.91 Å². The first-order valence-electron chi connectivity index (χ1n) is 9.70. The number of likely N-dealkylation sites (tertiary alicyclic amines) is 1. The van der Waals surface area contributed by atoms with E-state index in [1.807, 2.05) is 30.3 Å². The molecular weight excluding hydrogens is 384 g/mol. The molecule has 1 fully saturated rings. The van der Waals surface area contributed by atoms with E-state index in [9.17, 15) is 19.8 Å². The summed E-state index contributed by atoms with van der Waals surface area (Å²) in [4.78, 5) is 30.8. The van der Waals surface area contributed by atoms with Gasteiger partial charge in [-0.15, -0.1) is 0 Å². The van der Waals surface area contributed by atoms with E-state index in [4.69, 9.17) is 0 Å². The quantitative estimate of drug-likeness (QED) is 0.596. The molecule has 8 nitrogen and oxygen atoms in total. The van der Waals surface area contributed by atoms with Crippen molar-refractivity contribution in [2.45, 2.75) is 18.9 Å². The number of amides is 1. The van der Waals surface area contributed by atoms with Gasteiger partial charge in [-0.05, 0) is 36.6 Å². The number of aromatic amines is 1. The molecule has 2 atom stereocenters. The third-order valence-electron chi connectivity index (χ3n) is 5.64. The predicted octanol–water partition coefficient (Wildman–Crippen LogP) is 1.99. The van der Waals surface area contributed by atoms with Gasteiger partial charge in [0.15, 0.2) is 0 Å². The van der Waals surface area contributed by atoms with Crippen molar-refractivity contribution >= 4 is 11.9 Å². The molecule has 0 saturated carbocycles. The van der Waals surface area contributed by atoms with Crippen LogP contribution in [0.25, 0.3) is 11.3 Å². The number of carbonyl (C=O) groups excluding carboxylic acids is 1. The monoisotopic (exact) mass is 406 g/mol. The number of nitrogens with one attached hydrogen (secondary N) is 1. The number of aliphatic hydroxyl groups excluding tert-OH is 1. The van der Waals surface area contributed by atoms with Crippen LogP contribution < -0.4 is 0 Å². The second-order valence-corrected chi connectivity index (χ2v) is 7.56. The maximum atomic E-state index is 13.1. The molecule has 0 spiro atoms. The fourth-order valence-electron chi connectivity index (χ4n) is 3.94. The van der Waals surface area contributed by atoms with E-state index in [0.717, 1.165) is 11.1 Å². The topological polar surface area (TPSA) is 119 Å². The molecule has 154 valence electrons. The van der Waals surface area contributed by atoms with Crippen LogP contribution in [0, 0.1) is 5.41 Å². The van der Waals surface area contributed by atoms with Gasteiger partial charge < -0.3 is 15.1 Å². The van der Waals surface area contributed by atoms with Crippen LogP contribution in [0.4, 0.5) is 0 Å². The van der Waals surface area contributed by atoms with Gasteiger partial charge in [0.05, 0.1) is 11.8 Å². The van der Waals surface area contributed by atoms with E-state index in [0.29, 0.717) is 5.69 Å². The van der Waals surface area contributed by atoms with Crippen molar-refractivity contribution in [3.05, 3.63) is 72.2 Å². The third-order valence-corrected chi connectivity index (χ3v) is 5.64. The van der Waals surface area contributed by atoms with Crippen molar-refractivity contribution in [3.8, 4) is 11.3 Å². The predicted molar refractivity (Wildman–Crippen MR) is 109 cm³/mol. The summed E-state index contributed by atoms with van der Waals surface area (Å²) >= 11 is 0. The summed E-state index contributed by atoms with van der Waals surface area (Å²) < 4.78 is 0. The van der Waals surface area contributed by atoms with Crippen molar-refractivity contribution in [2.75, 3.05) is 13.1 Å². The Morgan fingerprint density at radius 1 is 1.17 bits per heavy atom. The number of aliphatic carboxylic acids is 1. The van der Waals surface area contributed by atoms with Crippen LogP contribution in [0.5, 0.6) is 0 Å². The maximum absolute atomic E-state index is 13.1. The molecular formula is C22H22N4O4. The molecule has 1 aromatic carbocycles. The minimum absolute atomic E-state index is 0.0825. The highest BCUT2D eigenvalue weighted by Crippen LogP contribution is 2.35. The number of carbonyl (C=O) groups is 2. The van der Waals surface area contributed by atoms with Gasteiger partial charge in [-0.2, -0.15) is 5.10 Å². The van der Waals surface area contributed by atoms with Crippen molar-refractivity contribution in [1.29, 1.82) is 0 Å². The highest BCUT2D eigenvalue weighted by atomic mass is 16.4. The van der Waals surface area contributed by atoms with Gasteiger partial charge in [0, 0.05) is 31.0 Å². The maximum Gasteiger partial charge on any atom is 0.314 e. The summed E-state index contributed by atoms with van der Waals surface area (Å²) in [5.74, 6) is -1.45. The Morgan fingerprint density at radius 3 is 2.60 bits per heavy atom. The first-order chi connectivity index (χ1) is 14.5. The Balaban J connectivity index is 1.58. The lowest BCUT2D eigenvalue weighted by atomic mass is 9.72. The second-order valence-electron chi connectivity index (χ2n) is 7.56. The number of carboxylic acids is 1. The van der Waals surface area contributed by atoms with Gasteiger partial charge in [-0.3, -0.25) is 19.7 Å². The van der Waals surface area contributed by atoms with Crippen molar-refractivity contribution in [2.24, 2.45) is 5.41 Å². The second kappa shape index (κ2) is 8.08. The van der Waals surface area contributed by atoms with Gasteiger partial charge in [0.1, 0.15) is 11.1 Å². The largest absolute Gasteiger partial charge is 0.481 e. The minimum atomic E-state index is -1.47. The highest BCUT2D eigenvalue weighted by Gasteiger charge is 2.50. The molecule has 3 N–H and O–H groups in total. The fourth-order valence-corrected chi connectivity index (χ4v) is 3.94. The lowest BCUT2D eigenvalue weighted by Gasteiger charge is -2.43. The summed E-state index contributed by atoms with van der Waals surface area (Å²) in [6, 6.07) is 14.4. The highest BCUT2D eigenvalue weighted by molar-refractivity contribution is 5.94. The lowest BCUT2D eigenvalue weighted by molar-refractivity contribution is -0.161. The summed E-state index contributed by atoms with van der Waals surface area (Å²) in [5, 5.41) is 27.6. The number of aromatic nitrogens is 3. The Kier molecular flexibility index (Phi) is 5.33. The first kappa shape index (κ1) is 19.8. The van der Waals surface area contributed by atoms with Gasteiger partial charge in [-0.1, -0.05) is 30.3 Å². The zero-order valence-corrected chi connectivity index (χ0v) is 16.2. The summed E-state index contributed by atoms with van der Waals surface area (Å²) in [6.07, 6.45) is 2.56. The van der Waals surface area contributed by atoms with E-state index >= 15 is 0 Å². The normalized spacial score (nSPS) is 21.4. The summed E-state index contributed by atoms with van der Waals surface area (Å²) in [7, 11) is 0. The van der Waals surface area contributed by atoms with Crippen molar-refractivity contribution in [3.63, 3.8) is 0 Å². The van der Waals surface area contributed by atoms with Gasteiger partial charge in [-0.25, -0.2) is 0 Å². The van der Waals surface area contributed by atoms with Crippen LogP contribution in [0.15, 0.2) is 60.9 Å². The molecule has 3 heterocycles. The van der Waals surface area contributed by atoms with Crippen LogP contribution in [0.3, 0.4) is 0 Å². The number of nitrogens with zero attached hydrogens (tertiary/aromatic N) is 3. The Bertz CT molecular complexity index is 1040. The molecule has 1 aliphatic rings. The molecule has 1 saturated heterocycles. The van der Waals surface area contributed by atoms with Crippen LogP contribution >= 0.6 is 0 Å². The number of pyridine rings is 1. The van der Waals surface area contributed by atoms with E-state index in [1.165, 1.54) is 4.90 Å². The zero-order chi connectivity index (χ0) is 21.1. The molecule has 3 aromatic rings. The molecule has 30 heavy (non-hydrogen) atoms. The van der Waals surface area contributed by atoms with Crippen molar-refractivity contribution in [1.82, 2.24) is 20.1 Å². The first-order valence-corrected chi connectivity index (χ1v) is 9.70. The minimum Gasteiger partial charge on any atom is -0.481 e. The number of carboxylic acid groups (broad SMARTS) is 1. The molecule has 1 amide bonds. The van der Waals surface area contributed by atoms with Gasteiger partial charge >= 0.3 is 5.97 Å². The summed E-state index contributed by atoms with van der Waals surface area (Å²) in [6.45, 7) is 0.189.